The highest BCUT2D eigenvalue weighted by atomic mass is 16.7. The largest absolute Gasteiger partial charge is 0.345 e. The molecule has 1 aliphatic heterocycles. The third-order valence-corrected chi connectivity index (χ3v) is 7.07. The summed E-state index contributed by atoms with van der Waals surface area (Å²) >= 11 is 0. The van der Waals surface area contributed by atoms with E-state index in [9.17, 15) is 0 Å². The zero-order valence-electron chi connectivity index (χ0n) is 20.0. The first-order chi connectivity index (χ1) is 16.7. The van der Waals surface area contributed by atoms with E-state index in [1.165, 1.54) is 5.56 Å². The van der Waals surface area contributed by atoms with Gasteiger partial charge in [-0.2, -0.15) is 0 Å². The Morgan fingerprint density at radius 2 is 1.29 bits per heavy atom. The molecule has 0 N–H and O–H groups in total. The normalized spacial score (nSPS) is 15.9. The summed E-state index contributed by atoms with van der Waals surface area (Å²) in [4.78, 5) is 5.19. The molecule has 0 spiro atoms. The van der Waals surface area contributed by atoms with E-state index in [1.54, 1.807) is 0 Å². The lowest BCUT2D eigenvalue weighted by Gasteiger charge is -2.38. The van der Waals surface area contributed by atoms with Crippen molar-refractivity contribution in [3.05, 3.63) is 102 Å². The number of benzene rings is 3. The molecule has 34 heavy (non-hydrogen) atoms. The van der Waals surface area contributed by atoms with Crippen LogP contribution >= 0.6 is 0 Å². The van der Waals surface area contributed by atoms with Gasteiger partial charge in [-0.15, -0.1) is 0 Å². The van der Waals surface area contributed by atoms with Crippen LogP contribution in [0.4, 0.5) is 0 Å². The molecule has 0 saturated carbocycles. The zero-order chi connectivity index (χ0) is 23.4. The van der Waals surface area contributed by atoms with Crippen LogP contribution in [0.15, 0.2) is 91.0 Å². The summed E-state index contributed by atoms with van der Waals surface area (Å²) in [5.74, 6) is 0.822. The van der Waals surface area contributed by atoms with Crippen LogP contribution in [-0.2, 0) is 16.0 Å². The minimum absolute atomic E-state index is 0.0812. The van der Waals surface area contributed by atoms with Crippen LogP contribution in [0.1, 0.15) is 44.4 Å². The van der Waals surface area contributed by atoms with Crippen LogP contribution in [-0.4, -0.2) is 22.8 Å². The summed E-state index contributed by atoms with van der Waals surface area (Å²) in [7, 11) is 0. The molecule has 1 aromatic heterocycles. The van der Waals surface area contributed by atoms with E-state index < -0.39 is 6.29 Å². The van der Waals surface area contributed by atoms with Crippen molar-refractivity contribution in [2.24, 2.45) is 5.41 Å². The Morgan fingerprint density at radius 3 is 1.85 bits per heavy atom. The van der Waals surface area contributed by atoms with Gasteiger partial charge in [0.1, 0.15) is 0 Å². The van der Waals surface area contributed by atoms with E-state index in [1.807, 2.05) is 18.2 Å². The highest BCUT2D eigenvalue weighted by Gasteiger charge is 2.37. The van der Waals surface area contributed by atoms with Gasteiger partial charge < -0.3 is 14.0 Å². The lowest BCUT2D eigenvalue weighted by Crippen LogP contribution is -2.38. The SMILES string of the molecule is CCC1(CC)COC(c2nc(-c3ccccc3)c(-c3ccccc3)n2Cc2ccccc2)OC1. The topological polar surface area (TPSA) is 36.3 Å². The Kier molecular flexibility index (Phi) is 6.61. The smallest absolute Gasteiger partial charge is 0.217 e. The summed E-state index contributed by atoms with van der Waals surface area (Å²) < 4.78 is 15.0. The maximum Gasteiger partial charge on any atom is 0.217 e. The third kappa shape index (κ3) is 4.44. The van der Waals surface area contributed by atoms with E-state index in [4.69, 9.17) is 14.5 Å². The average molecular weight is 453 g/mol. The molecular weight excluding hydrogens is 420 g/mol. The maximum atomic E-state index is 6.37. The molecule has 5 rings (SSSR count). The fourth-order valence-electron chi connectivity index (χ4n) is 4.66. The van der Waals surface area contributed by atoms with Crippen LogP contribution < -0.4 is 0 Å². The van der Waals surface area contributed by atoms with Crippen molar-refractivity contribution in [2.45, 2.75) is 39.5 Å². The molecule has 2 heterocycles. The van der Waals surface area contributed by atoms with Crippen molar-refractivity contribution in [3.8, 4) is 22.5 Å². The number of ether oxygens (including phenoxy) is 2. The second-order valence-corrected chi connectivity index (χ2v) is 9.13. The standard InChI is InChI=1S/C30H32N2O2/c1-3-30(4-2)21-33-29(34-22-30)28-31-26(24-16-10-6-11-17-24)27(25-18-12-7-13-19-25)32(28)20-23-14-8-5-9-15-23/h5-19,29H,3-4,20-22H2,1-2H3. The molecule has 0 radical (unpaired) electrons. The highest BCUT2D eigenvalue weighted by molar-refractivity contribution is 5.79. The molecule has 0 amide bonds. The van der Waals surface area contributed by atoms with Crippen LogP contribution in [0.3, 0.4) is 0 Å². The van der Waals surface area contributed by atoms with Gasteiger partial charge >= 0.3 is 0 Å². The van der Waals surface area contributed by atoms with Gasteiger partial charge in [-0.3, -0.25) is 0 Å². The van der Waals surface area contributed by atoms with Crippen molar-refractivity contribution in [1.82, 2.24) is 9.55 Å². The Bertz CT molecular complexity index is 1190. The average Bonchev–Trinajstić information content (AvgIpc) is 3.29. The predicted molar refractivity (Wildman–Crippen MR) is 136 cm³/mol. The summed E-state index contributed by atoms with van der Waals surface area (Å²) in [5.41, 5.74) is 5.54. The van der Waals surface area contributed by atoms with Crippen molar-refractivity contribution in [1.29, 1.82) is 0 Å². The predicted octanol–water partition coefficient (Wildman–Crippen LogP) is 7.12. The molecule has 174 valence electrons. The number of aromatic nitrogens is 2. The molecule has 1 saturated heterocycles. The minimum Gasteiger partial charge on any atom is -0.345 e. The van der Waals surface area contributed by atoms with Gasteiger partial charge in [0.15, 0.2) is 5.82 Å². The molecule has 0 aliphatic carbocycles. The third-order valence-electron chi connectivity index (χ3n) is 7.07. The first kappa shape index (κ1) is 22.6. The molecule has 0 bridgehead atoms. The summed E-state index contributed by atoms with van der Waals surface area (Å²) in [6.07, 6.45) is 1.59. The number of hydrogen-bond acceptors (Lipinski definition) is 3. The maximum absolute atomic E-state index is 6.37. The second-order valence-electron chi connectivity index (χ2n) is 9.13. The van der Waals surface area contributed by atoms with Crippen LogP contribution in [0, 0.1) is 5.41 Å². The molecule has 4 heteroatoms. The van der Waals surface area contributed by atoms with E-state index in [0.717, 1.165) is 41.2 Å². The Morgan fingerprint density at radius 1 is 0.765 bits per heavy atom. The summed E-state index contributed by atoms with van der Waals surface area (Å²) in [5, 5.41) is 0. The Balaban J connectivity index is 1.65. The lowest BCUT2D eigenvalue weighted by molar-refractivity contribution is -0.239. The highest BCUT2D eigenvalue weighted by Crippen LogP contribution is 2.40. The molecule has 0 atom stereocenters. The van der Waals surface area contributed by atoms with E-state index in [2.05, 4.69) is 91.2 Å². The second kappa shape index (κ2) is 9.96. The number of rotatable bonds is 7. The quantitative estimate of drug-likeness (QED) is 0.300. The molecule has 1 aliphatic rings. The summed E-state index contributed by atoms with van der Waals surface area (Å²) in [6, 6.07) is 31.4. The van der Waals surface area contributed by atoms with Gasteiger partial charge in [0.25, 0.3) is 0 Å². The van der Waals surface area contributed by atoms with Crippen molar-refractivity contribution < 1.29 is 9.47 Å². The van der Waals surface area contributed by atoms with Crippen molar-refractivity contribution in [2.75, 3.05) is 13.2 Å². The van der Waals surface area contributed by atoms with Crippen molar-refractivity contribution >= 4 is 0 Å². The van der Waals surface area contributed by atoms with Gasteiger partial charge in [0.2, 0.25) is 6.29 Å². The molecule has 3 aromatic carbocycles. The van der Waals surface area contributed by atoms with Gasteiger partial charge in [0, 0.05) is 23.1 Å². The van der Waals surface area contributed by atoms with E-state index in [0.29, 0.717) is 19.8 Å². The molecule has 0 unspecified atom stereocenters. The molecule has 4 aromatic rings. The Hall–Kier alpha value is -3.21. The first-order valence-electron chi connectivity index (χ1n) is 12.2. The summed E-state index contributed by atoms with van der Waals surface area (Å²) in [6.45, 7) is 6.49. The molecule has 1 fully saturated rings. The van der Waals surface area contributed by atoms with Gasteiger partial charge in [-0.25, -0.2) is 4.98 Å². The Labute approximate surface area is 202 Å². The number of hydrogen-bond donors (Lipinski definition) is 0. The van der Waals surface area contributed by atoms with Gasteiger partial charge in [0.05, 0.1) is 24.6 Å². The van der Waals surface area contributed by atoms with Crippen molar-refractivity contribution in [3.63, 3.8) is 0 Å². The first-order valence-corrected chi connectivity index (χ1v) is 12.2. The number of imidazole rings is 1. The zero-order valence-corrected chi connectivity index (χ0v) is 20.0. The van der Waals surface area contributed by atoms with Crippen LogP contribution in [0.2, 0.25) is 0 Å². The van der Waals surface area contributed by atoms with Gasteiger partial charge in [-0.05, 0) is 18.4 Å². The van der Waals surface area contributed by atoms with Gasteiger partial charge in [-0.1, -0.05) is 105 Å². The monoisotopic (exact) mass is 452 g/mol. The van der Waals surface area contributed by atoms with Crippen LogP contribution in [0.5, 0.6) is 0 Å². The van der Waals surface area contributed by atoms with Crippen LogP contribution in [0.25, 0.3) is 22.5 Å². The van der Waals surface area contributed by atoms with E-state index in [-0.39, 0.29) is 5.41 Å². The fraction of sp³-hybridized carbons (Fsp3) is 0.300. The fourth-order valence-corrected chi connectivity index (χ4v) is 4.66. The molecule has 4 nitrogen and oxygen atoms in total. The lowest BCUT2D eigenvalue weighted by atomic mass is 9.84. The molecular formula is C30H32N2O2. The number of nitrogens with zero attached hydrogens (tertiary/aromatic N) is 2. The van der Waals surface area contributed by atoms with E-state index >= 15 is 0 Å². The minimum atomic E-state index is -0.491.